The molecule has 0 spiro atoms. The first-order valence-corrected chi connectivity index (χ1v) is 9.12. The number of hydrogen-bond acceptors (Lipinski definition) is 3. The molecule has 3 rings (SSSR count). The number of carbonyl (C=O) groups is 3. The molecule has 0 aromatic heterocycles. The Morgan fingerprint density at radius 3 is 1.96 bits per heavy atom. The van der Waals surface area contributed by atoms with Gasteiger partial charge in [0.15, 0.2) is 0 Å². The summed E-state index contributed by atoms with van der Waals surface area (Å²) in [5.41, 5.74) is 1.66. The summed E-state index contributed by atoms with van der Waals surface area (Å²) >= 11 is 0. The topological polar surface area (TPSA) is 81.2 Å². The summed E-state index contributed by atoms with van der Waals surface area (Å²) in [5, 5.41) is 8.95. The first-order valence-electron chi connectivity index (χ1n) is 9.12. The van der Waals surface area contributed by atoms with Gasteiger partial charge in [0.25, 0.3) is 5.91 Å². The van der Waals surface area contributed by atoms with Crippen molar-refractivity contribution in [1.29, 1.82) is 0 Å². The molecule has 1 N–H and O–H groups in total. The van der Waals surface area contributed by atoms with E-state index in [1.165, 1.54) is 24.3 Å². The van der Waals surface area contributed by atoms with E-state index in [1.54, 1.807) is 21.7 Å². The lowest BCUT2D eigenvalue weighted by molar-refractivity contribution is 0.0641. The fraction of sp³-hybridized carbons (Fsp3) is 0.286. The van der Waals surface area contributed by atoms with E-state index in [9.17, 15) is 14.4 Å². The van der Waals surface area contributed by atoms with Crippen LogP contribution in [0.15, 0.2) is 54.6 Å². The summed E-state index contributed by atoms with van der Waals surface area (Å²) in [5.74, 6) is -1.17. The predicted molar refractivity (Wildman–Crippen MR) is 104 cm³/mol. The Hall–Kier alpha value is -3.35. The Morgan fingerprint density at radius 2 is 1.39 bits per heavy atom. The molecule has 0 radical (unpaired) electrons. The molecule has 7 nitrogen and oxygen atoms in total. The van der Waals surface area contributed by atoms with Gasteiger partial charge in [0, 0.05) is 45.3 Å². The number of piperazine rings is 1. The van der Waals surface area contributed by atoms with Crippen LogP contribution in [0, 0.1) is 0 Å². The molecule has 7 heteroatoms. The molecule has 1 fully saturated rings. The maximum atomic E-state index is 12.6. The zero-order valence-electron chi connectivity index (χ0n) is 15.7. The van der Waals surface area contributed by atoms with Gasteiger partial charge in [-0.1, -0.05) is 30.3 Å². The first kappa shape index (κ1) is 19.4. The number of benzene rings is 2. The summed E-state index contributed by atoms with van der Waals surface area (Å²) in [6.07, 6.45) is 0. The molecule has 146 valence electrons. The van der Waals surface area contributed by atoms with Crippen molar-refractivity contribution in [3.8, 4) is 0 Å². The summed E-state index contributed by atoms with van der Waals surface area (Å²) in [6.45, 7) is 2.37. The first-order chi connectivity index (χ1) is 13.5. The molecule has 28 heavy (non-hydrogen) atoms. The molecule has 1 aliphatic heterocycles. The van der Waals surface area contributed by atoms with Crippen molar-refractivity contribution in [3.63, 3.8) is 0 Å². The van der Waals surface area contributed by atoms with Crippen molar-refractivity contribution in [1.82, 2.24) is 14.7 Å². The average Bonchev–Trinajstić information content (AvgIpc) is 2.73. The van der Waals surface area contributed by atoms with Crippen molar-refractivity contribution in [2.75, 3.05) is 33.2 Å². The molecule has 2 aromatic rings. The van der Waals surface area contributed by atoms with Crippen LogP contribution >= 0.6 is 0 Å². The SMILES string of the molecule is CN(Cc1ccccc1)C(=O)N1CCN(C(=O)c2ccc(C(=O)O)cc2)CC1. The third kappa shape index (κ3) is 4.49. The lowest BCUT2D eigenvalue weighted by atomic mass is 10.1. The Labute approximate surface area is 163 Å². The second-order valence-electron chi connectivity index (χ2n) is 6.79. The monoisotopic (exact) mass is 381 g/mol. The van der Waals surface area contributed by atoms with Crippen LogP contribution in [-0.2, 0) is 6.54 Å². The largest absolute Gasteiger partial charge is 0.478 e. The van der Waals surface area contributed by atoms with Crippen molar-refractivity contribution in [3.05, 3.63) is 71.3 Å². The highest BCUT2D eigenvalue weighted by Crippen LogP contribution is 2.13. The highest BCUT2D eigenvalue weighted by Gasteiger charge is 2.26. The van der Waals surface area contributed by atoms with E-state index < -0.39 is 5.97 Å². The summed E-state index contributed by atoms with van der Waals surface area (Å²) in [4.78, 5) is 41.3. The normalized spacial score (nSPS) is 13.9. The van der Waals surface area contributed by atoms with Gasteiger partial charge in [0.1, 0.15) is 0 Å². The van der Waals surface area contributed by atoms with Crippen molar-refractivity contribution in [2.24, 2.45) is 0 Å². The number of nitrogens with zero attached hydrogens (tertiary/aromatic N) is 3. The maximum absolute atomic E-state index is 12.6. The lowest BCUT2D eigenvalue weighted by Crippen LogP contribution is -2.53. The van der Waals surface area contributed by atoms with Gasteiger partial charge in [0.05, 0.1) is 5.56 Å². The average molecular weight is 381 g/mol. The highest BCUT2D eigenvalue weighted by molar-refractivity contribution is 5.96. The van der Waals surface area contributed by atoms with Crippen LogP contribution in [0.4, 0.5) is 4.79 Å². The van der Waals surface area contributed by atoms with Crippen LogP contribution in [-0.4, -0.2) is 70.9 Å². The standard InChI is InChI=1S/C21H23N3O4/c1-22(15-16-5-3-2-4-6-16)21(28)24-13-11-23(12-14-24)19(25)17-7-9-18(10-8-17)20(26)27/h2-10H,11-15H2,1H3,(H,26,27). The molecule has 1 aliphatic rings. The van der Waals surface area contributed by atoms with Crippen LogP contribution in [0.5, 0.6) is 0 Å². The van der Waals surface area contributed by atoms with Crippen molar-refractivity contribution < 1.29 is 19.5 Å². The fourth-order valence-corrected chi connectivity index (χ4v) is 3.21. The van der Waals surface area contributed by atoms with Gasteiger partial charge < -0.3 is 19.8 Å². The number of aromatic carboxylic acids is 1. The maximum Gasteiger partial charge on any atom is 0.335 e. The van der Waals surface area contributed by atoms with Crippen LogP contribution < -0.4 is 0 Å². The van der Waals surface area contributed by atoms with Gasteiger partial charge in [-0.3, -0.25) is 4.79 Å². The molecule has 0 bridgehead atoms. The Balaban J connectivity index is 1.54. The van der Waals surface area contributed by atoms with E-state index in [0.717, 1.165) is 5.56 Å². The number of urea groups is 1. The molecule has 0 saturated carbocycles. The number of carboxylic acid groups (broad SMARTS) is 1. The quantitative estimate of drug-likeness (QED) is 0.882. The number of hydrogen-bond donors (Lipinski definition) is 1. The molecular weight excluding hydrogens is 358 g/mol. The molecular formula is C21H23N3O4. The molecule has 1 saturated heterocycles. The molecule has 0 aliphatic carbocycles. The highest BCUT2D eigenvalue weighted by atomic mass is 16.4. The van der Waals surface area contributed by atoms with Gasteiger partial charge in [-0.15, -0.1) is 0 Å². The van der Waals surface area contributed by atoms with E-state index >= 15 is 0 Å². The number of carboxylic acids is 1. The summed E-state index contributed by atoms with van der Waals surface area (Å²) < 4.78 is 0. The number of rotatable bonds is 4. The number of amides is 3. The van der Waals surface area contributed by atoms with Gasteiger partial charge in [-0.25, -0.2) is 9.59 Å². The van der Waals surface area contributed by atoms with E-state index in [4.69, 9.17) is 5.11 Å². The zero-order valence-corrected chi connectivity index (χ0v) is 15.7. The lowest BCUT2D eigenvalue weighted by Gasteiger charge is -2.36. The van der Waals surface area contributed by atoms with Crippen molar-refractivity contribution >= 4 is 17.9 Å². The van der Waals surface area contributed by atoms with Gasteiger partial charge in [-0.05, 0) is 29.8 Å². The van der Waals surface area contributed by atoms with Gasteiger partial charge in [-0.2, -0.15) is 0 Å². The second-order valence-corrected chi connectivity index (χ2v) is 6.79. The molecule has 0 atom stereocenters. The molecule has 1 heterocycles. The minimum Gasteiger partial charge on any atom is -0.478 e. The minimum atomic E-state index is -1.02. The van der Waals surface area contributed by atoms with Gasteiger partial charge in [0.2, 0.25) is 0 Å². The Bertz CT molecular complexity index is 844. The zero-order chi connectivity index (χ0) is 20.1. The third-order valence-electron chi connectivity index (χ3n) is 4.81. The minimum absolute atomic E-state index is 0.0539. The van der Waals surface area contributed by atoms with Crippen LogP contribution in [0.2, 0.25) is 0 Å². The second kappa shape index (κ2) is 8.56. The summed E-state index contributed by atoms with van der Waals surface area (Å²) in [6, 6.07) is 15.6. The predicted octanol–water partition coefficient (Wildman–Crippen LogP) is 2.39. The van der Waals surface area contributed by atoms with Crippen LogP contribution in [0.3, 0.4) is 0 Å². The van der Waals surface area contributed by atoms with Crippen LogP contribution in [0.25, 0.3) is 0 Å². The van der Waals surface area contributed by atoms with Crippen LogP contribution in [0.1, 0.15) is 26.3 Å². The smallest absolute Gasteiger partial charge is 0.335 e. The van der Waals surface area contributed by atoms with Crippen molar-refractivity contribution in [2.45, 2.75) is 6.54 Å². The van der Waals surface area contributed by atoms with E-state index in [2.05, 4.69) is 0 Å². The van der Waals surface area contributed by atoms with E-state index in [0.29, 0.717) is 38.3 Å². The Kier molecular flexibility index (Phi) is 5.93. The molecule has 2 aromatic carbocycles. The Morgan fingerprint density at radius 1 is 0.857 bits per heavy atom. The molecule has 3 amide bonds. The molecule has 0 unspecified atom stereocenters. The third-order valence-corrected chi connectivity index (χ3v) is 4.81. The van der Waals surface area contributed by atoms with Gasteiger partial charge >= 0.3 is 12.0 Å². The fourth-order valence-electron chi connectivity index (χ4n) is 3.21. The van der Waals surface area contributed by atoms with E-state index in [1.807, 2.05) is 30.3 Å². The summed E-state index contributed by atoms with van der Waals surface area (Å²) in [7, 11) is 1.77. The van der Waals surface area contributed by atoms with E-state index in [-0.39, 0.29) is 17.5 Å². The number of carbonyl (C=O) groups excluding carboxylic acids is 2.